The zero-order chi connectivity index (χ0) is 13.1. The second-order valence-corrected chi connectivity index (χ2v) is 7.06. The molecule has 0 aromatic rings. The van der Waals surface area contributed by atoms with Crippen LogP contribution in [0.3, 0.4) is 0 Å². The molecule has 2 N–H and O–H groups in total. The van der Waals surface area contributed by atoms with Gasteiger partial charge in [0.2, 0.25) is 0 Å². The molecule has 5 nitrogen and oxygen atoms in total. The molecule has 0 amide bonds. The zero-order valence-corrected chi connectivity index (χ0v) is 11.3. The second kappa shape index (κ2) is 5.35. The molecule has 0 saturated heterocycles. The van der Waals surface area contributed by atoms with Gasteiger partial charge in [0.05, 0.1) is 17.3 Å². The number of ether oxygens (including phenoxy) is 1. The zero-order valence-electron chi connectivity index (χ0n) is 10.4. The van der Waals surface area contributed by atoms with Gasteiger partial charge in [-0.2, -0.15) is 0 Å². The lowest BCUT2D eigenvalue weighted by atomic mass is 9.74. The molecule has 0 heterocycles. The standard InChI is InChI=1S/C11H21NO4S/c1-3-16-10(13)11(8-12)6-4-9(5-7-11)17(2,14)15/h9H,3-8,12H2,1-2H3. The van der Waals surface area contributed by atoms with Gasteiger partial charge in [-0.25, -0.2) is 8.42 Å². The van der Waals surface area contributed by atoms with Gasteiger partial charge in [-0.05, 0) is 32.6 Å². The highest BCUT2D eigenvalue weighted by atomic mass is 32.2. The molecule has 100 valence electrons. The fourth-order valence-corrected chi connectivity index (χ4v) is 3.44. The highest BCUT2D eigenvalue weighted by molar-refractivity contribution is 7.91. The maximum absolute atomic E-state index is 11.9. The second-order valence-electron chi connectivity index (χ2n) is 4.73. The Morgan fingerprint density at radius 3 is 2.29 bits per heavy atom. The summed E-state index contributed by atoms with van der Waals surface area (Å²) in [6, 6.07) is 0. The van der Waals surface area contributed by atoms with E-state index in [4.69, 9.17) is 10.5 Å². The molecule has 1 aliphatic carbocycles. The van der Waals surface area contributed by atoms with E-state index < -0.39 is 15.3 Å². The molecule has 1 aliphatic rings. The first kappa shape index (κ1) is 14.4. The third-order valence-corrected chi connectivity index (χ3v) is 5.28. The Balaban J connectivity index is 2.73. The lowest BCUT2D eigenvalue weighted by molar-refractivity contribution is -0.156. The Bertz CT molecular complexity index is 369. The van der Waals surface area contributed by atoms with Crippen LogP contribution in [0.1, 0.15) is 32.6 Å². The number of hydrogen-bond donors (Lipinski definition) is 1. The molecule has 0 spiro atoms. The molecule has 1 rings (SSSR count). The van der Waals surface area contributed by atoms with E-state index in [1.807, 2.05) is 0 Å². The Kier molecular flexibility index (Phi) is 4.55. The summed E-state index contributed by atoms with van der Waals surface area (Å²) in [6.45, 7) is 2.31. The number of esters is 1. The van der Waals surface area contributed by atoms with Crippen LogP contribution in [0, 0.1) is 5.41 Å². The van der Waals surface area contributed by atoms with Gasteiger partial charge in [-0.1, -0.05) is 0 Å². The molecule has 17 heavy (non-hydrogen) atoms. The fraction of sp³-hybridized carbons (Fsp3) is 0.909. The van der Waals surface area contributed by atoms with Crippen molar-refractivity contribution < 1.29 is 17.9 Å². The van der Waals surface area contributed by atoms with E-state index in [1.165, 1.54) is 6.26 Å². The van der Waals surface area contributed by atoms with Crippen molar-refractivity contribution in [3.63, 3.8) is 0 Å². The Morgan fingerprint density at radius 2 is 1.94 bits per heavy atom. The molecular formula is C11H21NO4S. The van der Waals surface area contributed by atoms with Crippen molar-refractivity contribution in [1.29, 1.82) is 0 Å². The summed E-state index contributed by atoms with van der Waals surface area (Å²) in [5.74, 6) is -0.283. The van der Waals surface area contributed by atoms with Crippen LogP contribution in [-0.4, -0.2) is 39.0 Å². The first-order valence-corrected chi connectivity index (χ1v) is 7.87. The minimum absolute atomic E-state index is 0.225. The molecule has 0 atom stereocenters. The Labute approximate surface area is 103 Å². The molecule has 0 aliphatic heterocycles. The van der Waals surface area contributed by atoms with E-state index in [1.54, 1.807) is 6.92 Å². The van der Waals surface area contributed by atoms with Crippen LogP contribution < -0.4 is 5.73 Å². The van der Waals surface area contributed by atoms with E-state index in [0.717, 1.165) is 0 Å². The summed E-state index contributed by atoms with van der Waals surface area (Å²) in [7, 11) is -3.02. The normalized spacial score (nSPS) is 29.9. The molecule has 0 radical (unpaired) electrons. The molecule has 1 fully saturated rings. The SMILES string of the molecule is CCOC(=O)C1(CN)CCC(S(C)(=O)=O)CC1. The van der Waals surface area contributed by atoms with E-state index in [0.29, 0.717) is 32.3 Å². The van der Waals surface area contributed by atoms with Crippen molar-refractivity contribution in [3.05, 3.63) is 0 Å². The third-order valence-electron chi connectivity index (χ3n) is 3.59. The summed E-state index contributed by atoms with van der Waals surface area (Å²) in [5, 5.41) is -0.336. The quantitative estimate of drug-likeness (QED) is 0.746. The van der Waals surface area contributed by atoms with Crippen LogP contribution >= 0.6 is 0 Å². The average Bonchev–Trinajstić information content (AvgIpc) is 2.28. The van der Waals surface area contributed by atoms with Gasteiger partial charge in [-0.15, -0.1) is 0 Å². The molecule has 1 saturated carbocycles. The van der Waals surface area contributed by atoms with Crippen LogP contribution in [0.4, 0.5) is 0 Å². The van der Waals surface area contributed by atoms with Crippen molar-refractivity contribution in [2.45, 2.75) is 37.9 Å². The predicted octanol–water partition coefficient (Wildman–Crippen LogP) is 0.482. The number of rotatable bonds is 4. The smallest absolute Gasteiger partial charge is 0.313 e. The molecule has 0 bridgehead atoms. The maximum atomic E-state index is 11.9. The molecule has 0 aromatic heterocycles. The topological polar surface area (TPSA) is 86.5 Å². The number of sulfone groups is 1. The maximum Gasteiger partial charge on any atom is 0.313 e. The van der Waals surface area contributed by atoms with Gasteiger partial charge in [-0.3, -0.25) is 4.79 Å². The van der Waals surface area contributed by atoms with Crippen molar-refractivity contribution in [2.24, 2.45) is 11.1 Å². The molecule has 0 unspecified atom stereocenters. The highest BCUT2D eigenvalue weighted by Gasteiger charge is 2.43. The molecular weight excluding hydrogens is 242 g/mol. The summed E-state index contributed by atoms with van der Waals surface area (Å²) in [4.78, 5) is 11.9. The minimum Gasteiger partial charge on any atom is -0.466 e. The van der Waals surface area contributed by atoms with Crippen LogP contribution in [0.5, 0.6) is 0 Å². The fourth-order valence-electron chi connectivity index (χ4n) is 2.35. The van der Waals surface area contributed by atoms with E-state index in [2.05, 4.69) is 0 Å². The molecule has 6 heteroatoms. The lowest BCUT2D eigenvalue weighted by Gasteiger charge is -2.36. The largest absolute Gasteiger partial charge is 0.466 e. The summed E-state index contributed by atoms with van der Waals surface area (Å²) < 4.78 is 27.9. The highest BCUT2D eigenvalue weighted by Crippen LogP contribution is 2.38. The third kappa shape index (κ3) is 3.19. The van der Waals surface area contributed by atoms with Crippen LogP contribution in [0.25, 0.3) is 0 Å². The summed E-state index contributed by atoms with van der Waals surface area (Å²) in [6.07, 6.45) is 3.24. The van der Waals surface area contributed by atoms with Gasteiger partial charge in [0.1, 0.15) is 9.84 Å². The first-order valence-electron chi connectivity index (χ1n) is 5.92. The van der Waals surface area contributed by atoms with Gasteiger partial charge < -0.3 is 10.5 Å². The van der Waals surface area contributed by atoms with Gasteiger partial charge >= 0.3 is 5.97 Å². The number of nitrogens with two attached hydrogens (primary N) is 1. The number of carbonyl (C=O) groups is 1. The van der Waals surface area contributed by atoms with Crippen molar-refractivity contribution >= 4 is 15.8 Å². The number of hydrogen-bond acceptors (Lipinski definition) is 5. The minimum atomic E-state index is -3.02. The monoisotopic (exact) mass is 263 g/mol. The van der Waals surface area contributed by atoms with Gasteiger partial charge in [0, 0.05) is 12.8 Å². The van der Waals surface area contributed by atoms with Crippen molar-refractivity contribution in [3.8, 4) is 0 Å². The average molecular weight is 263 g/mol. The van der Waals surface area contributed by atoms with Gasteiger partial charge in [0.15, 0.2) is 0 Å². The van der Waals surface area contributed by atoms with E-state index in [-0.39, 0.29) is 17.8 Å². The predicted molar refractivity (Wildman–Crippen MR) is 65.2 cm³/mol. The summed E-state index contributed by atoms with van der Waals surface area (Å²) in [5.41, 5.74) is 5.00. The number of carbonyl (C=O) groups excluding carboxylic acids is 1. The van der Waals surface area contributed by atoms with Crippen molar-refractivity contribution in [1.82, 2.24) is 0 Å². The molecule has 0 aromatic carbocycles. The van der Waals surface area contributed by atoms with Crippen LogP contribution in [-0.2, 0) is 19.4 Å². The van der Waals surface area contributed by atoms with Crippen LogP contribution in [0.15, 0.2) is 0 Å². The Hall–Kier alpha value is -0.620. The lowest BCUT2D eigenvalue weighted by Crippen LogP contribution is -2.45. The van der Waals surface area contributed by atoms with Crippen molar-refractivity contribution in [2.75, 3.05) is 19.4 Å². The van der Waals surface area contributed by atoms with E-state index >= 15 is 0 Å². The summed E-state index contributed by atoms with van der Waals surface area (Å²) >= 11 is 0. The Morgan fingerprint density at radius 1 is 1.41 bits per heavy atom. The van der Waals surface area contributed by atoms with E-state index in [9.17, 15) is 13.2 Å². The van der Waals surface area contributed by atoms with Gasteiger partial charge in [0.25, 0.3) is 0 Å². The first-order chi connectivity index (χ1) is 7.85. The van der Waals surface area contributed by atoms with Crippen LogP contribution in [0.2, 0.25) is 0 Å².